The van der Waals surface area contributed by atoms with Gasteiger partial charge in [-0.1, -0.05) is 25.7 Å². The van der Waals surface area contributed by atoms with Gasteiger partial charge in [0.05, 0.1) is 0 Å². The molecule has 0 radical (unpaired) electrons. The molecule has 3 rings (SSSR count). The standard InChI is InChI=1S/C17H28N4O/c22-17(14-21-12-6-10-18-21)19-15-7-5-11-20(13-15)16-8-3-1-2-4-9-16/h6,10,12,15-16H,1-5,7-9,11,13-14H2,(H,19,22). The monoisotopic (exact) mass is 304 g/mol. The van der Waals surface area contributed by atoms with Gasteiger partial charge in [-0.3, -0.25) is 14.4 Å². The van der Waals surface area contributed by atoms with E-state index in [0.717, 1.165) is 19.0 Å². The summed E-state index contributed by atoms with van der Waals surface area (Å²) in [5.74, 6) is 0.0800. The van der Waals surface area contributed by atoms with Crippen molar-refractivity contribution in [2.75, 3.05) is 13.1 Å². The van der Waals surface area contributed by atoms with Gasteiger partial charge in [-0.25, -0.2) is 0 Å². The molecule has 22 heavy (non-hydrogen) atoms. The lowest BCUT2D eigenvalue weighted by Gasteiger charge is -2.38. The highest BCUT2D eigenvalue weighted by Crippen LogP contribution is 2.24. The molecule has 0 spiro atoms. The molecule has 1 aliphatic heterocycles. The Bertz CT molecular complexity index is 451. The number of hydrogen-bond donors (Lipinski definition) is 1. The van der Waals surface area contributed by atoms with Crippen molar-refractivity contribution < 1.29 is 4.79 Å². The highest BCUT2D eigenvalue weighted by atomic mass is 16.2. The number of hydrogen-bond acceptors (Lipinski definition) is 3. The van der Waals surface area contributed by atoms with E-state index < -0.39 is 0 Å². The highest BCUT2D eigenvalue weighted by Gasteiger charge is 2.27. The van der Waals surface area contributed by atoms with Crippen molar-refractivity contribution >= 4 is 5.91 Å². The molecule has 5 nitrogen and oxygen atoms in total. The van der Waals surface area contributed by atoms with E-state index in [2.05, 4.69) is 15.3 Å². The van der Waals surface area contributed by atoms with Gasteiger partial charge in [0, 0.05) is 31.0 Å². The number of carbonyl (C=O) groups excluding carboxylic acids is 1. The fourth-order valence-corrected chi connectivity index (χ4v) is 3.89. The quantitative estimate of drug-likeness (QED) is 0.868. The summed E-state index contributed by atoms with van der Waals surface area (Å²) in [7, 11) is 0. The van der Waals surface area contributed by atoms with Crippen LogP contribution in [0.4, 0.5) is 0 Å². The zero-order valence-corrected chi connectivity index (χ0v) is 13.4. The van der Waals surface area contributed by atoms with Crippen molar-refractivity contribution in [3.8, 4) is 0 Å². The lowest BCUT2D eigenvalue weighted by molar-refractivity contribution is -0.123. The van der Waals surface area contributed by atoms with Crippen LogP contribution in [-0.2, 0) is 11.3 Å². The van der Waals surface area contributed by atoms with E-state index in [1.165, 1.54) is 51.5 Å². The largest absolute Gasteiger partial charge is 0.350 e. The van der Waals surface area contributed by atoms with E-state index in [1.54, 1.807) is 10.9 Å². The third kappa shape index (κ3) is 4.32. The summed E-state index contributed by atoms with van der Waals surface area (Å²) in [6, 6.07) is 2.90. The molecule has 1 unspecified atom stereocenters. The first-order valence-electron chi connectivity index (χ1n) is 8.82. The molecule has 1 saturated carbocycles. The van der Waals surface area contributed by atoms with E-state index in [0.29, 0.717) is 12.6 Å². The first kappa shape index (κ1) is 15.5. The normalized spacial score (nSPS) is 24.8. The molecule has 122 valence electrons. The molecule has 1 amide bonds. The van der Waals surface area contributed by atoms with Gasteiger partial charge in [0.2, 0.25) is 5.91 Å². The van der Waals surface area contributed by atoms with Crippen LogP contribution in [0.2, 0.25) is 0 Å². The van der Waals surface area contributed by atoms with Crippen LogP contribution in [-0.4, -0.2) is 45.8 Å². The fraction of sp³-hybridized carbons (Fsp3) is 0.765. The Morgan fingerprint density at radius 3 is 2.68 bits per heavy atom. The van der Waals surface area contributed by atoms with Crippen LogP contribution in [0.5, 0.6) is 0 Å². The van der Waals surface area contributed by atoms with Crippen molar-refractivity contribution in [3.05, 3.63) is 18.5 Å². The van der Waals surface area contributed by atoms with Gasteiger partial charge in [-0.15, -0.1) is 0 Å². The highest BCUT2D eigenvalue weighted by molar-refractivity contribution is 5.75. The van der Waals surface area contributed by atoms with Crippen molar-refractivity contribution in [2.24, 2.45) is 0 Å². The molecule has 1 atom stereocenters. The zero-order chi connectivity index (χ0) is 15.2. The van der Waals surface area contributed by atoms with Gasteiger partial charge in [-0.2, -0.15) is 5.10 Å². The molecule has 0 bridgehead atoms. The summed E-state index contributed by atoms with van der Waals surface area (Å²) in [4.78, 5) is 14.8. The van der Waals surface area contributed by atoms with E-state index in [-0.39, 0.29) is 5.91 Å². The number of likely N-dealkylation sites (tertiary alicyclic amines) is 1. The predicted octanol–water partition coefficient (Wildman–Crippen LogP) is 2.19. The molecule has 2 heterocycles. The number of rotatable bonds is 4. The molecular formula is C17H28N4O. The Hall–Kier alpha value is -1.36. The third-order valence-corrected chi connectivity index (χ3v) is 5.02. The van der Waals surface area contributed by atoms with Crippen LogP contribution in [0.3, 0.4) is 0 Å². The average molecular weight is 304 g/mol. The summed E-state index contributed by atoms with van der Waals surface area (Å²) in [5.41, 5.74) is 0. The van der Waals surface area contributed by atoms with E-state index in [9.17, 15) is 4.79 Å². The SMILES string of the molecule is O=C(Cn1cccn1)NC1CCCN(C2CCCCCC2)C1. The van der Waals surface area contributed by atoms with Crippen LogP contribution < -0.4 is 5.32 Å². The molecule has 1 N–H and O–H groups in total. The maximum atomic E-state index is 12.1. The first-order chi connectivity index (χ1) is 10.8. The Balaban J connectivity index is 1.48. The maximum absolute atomic E-state index is 12.1. The van der Waals surface area contributed by atoms with Gasteiger partial charge in [0.25, 0.3) is 0 Å². The first-order valence-corrected chi connectivity index (χ1v) is 8.82. The molecule has 0 aromatic carbocycles. The zero-order valence-electron chi connectivity index (χ0n) is 13.4. The minimum atomic E-state index is 0.0800. The number of piperidine rings is 1. The summed E-state index contributed by atoms with van der Waals surface area (Å²) in [5, 5.41) is 7.29. The Kier molecular flexibility index (Phi) is 5.48. The van der Waals surface area contributed by atoms with E-state index in [1.807, 2.05) is 12.3 Å². The minimum absolute atomic E-state index is 0.0800. The molecule has 1 saturated heterocycles. The van der Waals surface area contributed by atoms with Crippen LogP contribution in [0, 0.1) is 0 Å². The van der Waals surface area contributed by atoms with Gasteiger partial charge >= 0.3 is 0 Å². The Labute approximate surface area is 133 Å². The second kappa shape index (κ2) is 7.77. The van der Waals surface area contributed by atoms with Crippen LogP contribution in [0.15, 0.2) is 18.5 Å². The Morgan fingerprint density at radius 2 is 1.95 bits per heavy atom. The summed E-state index contributed by atoms with van der Waals surface area (Å²) < 4.78 is 1.68. The Morgan fingerprint density at radius 1 is 1.14 bits per heavy atom. The second-order valence-electron chi connectivity index (χ2n) is 6.75. The molecule has 1 aromatic rings. The van der Waals surface area contributed by atoms with Crippen LogP contribution >= 0.6 is 0 Å². The lowest BCUT2D eigenvalue weighted by Crippen LogP contribution is -2.51. The number of amides is 1. The van der Waals surface area contributed by atoms with E-state index in [4.69, 9.17) is 0 Å². The number of aromatic nitrogens is 2. The fourth-order valence-electron chi connectivity index (χ4n) is 3.89. The van der Waals surface area contributed by atoms with Crippen molar-refractivity contribution in [1.29, 1.82) is 0 Å². The molecule has 2 fully saturated rings. The summed E-state index contributed by atoms with van der Waals surface area (Å²) in [6.07, 6.45) is 14.1. The smallest absolute Gasteiger partial charge is 0.241 e. The van der Waals surface area contributed by atoms with Gasteiger partial charge in [-0.05, 0) is 38.3 Å². The molecular weight excluding hydrogens is 276 g/mol. The van der Waals surface area contributed by atoms with Gasteiger partial charge in [0.1, 0.15) is 6.54 Å². The molecule has 5 heteroatoms. The average Bonchev–Trinajstić information content (AvgIpc) is 2.87. The third-order valence-electron chi connectivity index (χ3n) is 5.02. The maximum Gasteiger partial charge on any atom is 0.241 e. The second-order valence-corrected chi connectivity index (χ2v) is 6.75. The van der Waals surface area contributed by atoms with Crippen LogP contribution in [0.1, 0.15) is 51.4 Å². The van der Waals surface area contributed by atoms with E-state index >= 15 is 0 Å². The summed E-state index contributed by atoms with van der Waals surface area (Å²) in [6.45, 7) is 2.55. The van der Waals surface area contributed by atoms with Gasteiger partial charge in [0.15, 0.2) is 0 Å². The molecule has 1 aliphatic carbocycles. The number of nitrogens with zero attached hydrogens (tertiary/aromatic N) is 3. The van der Waals surface area contributed by atoms with Crippen molar-refractivity contribution in [1.82, 2.24) is 20.0 Å². The molecule has 2 aliphatic rings. The molecule has 1 aromatic heterocycles. The lowest BCUT2D eigenvalue weighted by atomic mass is 10.00. The topological polar surface area (TPSA) is 50.2 Å². The van der Waals surface area contributed by atoms with Crippen LogP contribution in [0.25, 0.3) is 0 Å². The minimum Gasteiger partial charge on any atom is -0.350 e. The summed E-state index contributed by atoms with van der Waals surface area (Å²) >= 11 is 0. The number of carbonyl (C=O) groups is 1. The van der Waals surface area contributed by atoms with Gasteiger partial charge < -0.3 is 5.32 Å². The van der Waals surface area contributed by atoms with Crippen molar-refractivity contribution in [2.45, 2.75) is 70.0 Å². The predicted molar refractivity (Wildman–Crippen MR) is 86.5 cm³/mol. The number of nitrogens with one attached hydrogen (secondary N) is 1. The van der Waals surface area contributed by atoms with Crippen molar-refractivity contribution in [3.63, 3.8) is 0 Å².